The summed E-state index contributed by atoms with van der Waals surface area (Å²) in [7, 11) is 0. The molecule has 0 radical (unpaired) electrons. The van der Waals surface area contributed by atoms with Crippen LogP contribution >= 0.6 is 11.3 Å². The molecule has 74 valence electrons. The average Bonchev–Trinajstić information content (AvgIpc) is 2.60. The van der Waals surface area contributed by atoms with Crippen molar-refractivity contribution in [1.82, 2.24) is 5.32 Å². The van der Waals surface area contributed by atoms with Crippen LogP contribution in [0, 0.1) is 0 Å². The number of rotatable bonds is 6. The Morgan fingerprint density at radius 2 is 2.38 bits per heavy atom. The zero-order valence-electron chi connectivity index (χ0n) is 8.18. The van der Waals surface area contributed by atoms with Crippen LogP contribution in [-0.2, 0) is 13.0 Å². The van der Waals surface area contributed by atoms with Crippen molar-refractivity contribution in [3.05, 3.63) is 21.9 Å². The van der Waals surface area contributed by atoms with Crippen LogP contribution in [0.3, 0.4) is 0 Å². The second-order valence-electron chi connectivity index (χ2n) is 3.04. The number of nitrogens with two attached hydrogens (primary N) is 1. The molecule has 0 bridgehead atoms. The highest BCUT2D eigenvalue weighted by Crippen LogP contribution is 2.16. The lowest BCUT2D eigenvalue weighted by Gasteiger charge is -2.03. The summed E-state index contributed by atoms with van der Waals surface area (Å²) in [5, 5.41) is 5.56. The Hall–Kier alpha value is -0.380. The molecule has 0 spiro atoms. The van der Waals surface area contributed by atoms with Gasteiger partial charge in [0.2, 0.25) is 0 Å². The van der Waals surface area contributed by atoms with E-state index in [-0.39, 0.29) is 0 Å². The molecular formula is C10H18N2S. The normalized spacial score (nSPS) is 10.6. The summed E-state index contributed by atoms with van der Waals surface area (Å²) in [6.45, 7) is 5.00. The topological polar surface area (TPSA) is 38.0 Å². The predicted octanol–water partition coefficient (Wildman–Crippen LogP) is 1.75. The molecule has 0 aliphatic rings. The summed E-state index contributed by atoms with van der Waals surface area (Å²) >= 11 is 1.84. The van der Waals surface area contributed by atoms with Gasteiger partial charge in [0.25, 0.3) is 0 Å². The predicted molar refractivity (Wildman–Crippen MR) is 59.1 cm³/mol. The van der Waals surface area contributed by atoms with Crippen molar-refractivity contribution in [2.75, 3.05) is 13.1 Å². The first-order valence-electron chi connectivity index (χ1n) is 4.84. The van der Waals surface area contributed by atoms with Crippen LogP contribution in [0.4, 0.5) is 0 Å². The van der Waals surface area contributed by atoms with E-state index in [0.717, 1.165) is 32.5 Å². The van der Waals surface area contributed by atoms with E-state index in [2.05, 4.69) is 23.7 Å². The van der Waals surface area contributed by atoms with Crippen molar-refractivity contribution in [3.8, 4) is 0 Å². The zero-order chi connectivity index (χ0) is 9.52. The summed E-state index contributed by atoms with van der Waals surface area (Å²) in [6.07, 6.45) is 2.20. The van der Waals surface area contributed by atoms with Crippen LogP contribution in [0.25, 0.3) is 0 Å². The number of aryl methyl sites for hydroxylation is 1. The maximum absolute atomic E-state index is 5.41. The van der Waals surface area contributed by atoms with Crippen LogP contribution < -0.4 is 11.1 Å². The van der Waals surface area contributed by atoms with Gasteiger partial charge in [-0.25, -0.2) is 0 Å². The average molecular weight is 198 g/mol. The number of thiophene rings is 1. The lowest BCUT2D eigenvalue weighted by atomic mass is 10.2. The SMILES string of the molecule is CCc1ccsc1CNCCCN. The minimum atomic E-state index is 0.776. The van der Waals surface area contributed by atoms with Gasteiger partial charge in [-0.15, -0.1) is 11.3 Å². The fourth-order valence-corrected chi connectivity index (χ4v) is 2.21. The second kappa shape index (κ2) is 6.13. The van der Waals surface area contributed by atoms with Crippen molar-refractivity contribution >= 4 is 11.3 Å². The first-order chi connectivity index (χ1) is 6.38. The molecule has 0 aliphatic heterocycles. The standard InChI is InChI=1S/C10H18N2S/c1-2-9-4-7-13-10(9)8-12-6-3-5-11/h4,7,12H,2-3,5-6,8,11H2,1H3. The molecule has 2 nitrogen and oxygen atoms in total. The molecule has 0 atom stereocenters. The van der Waals surface area contributed by atoms with Gasteiger partial charge in [0.15, 0.2) is 0 Å². The molecule has 1 aromatic heterocycles. The van der Waals surface area contributed by atoms with Gasteiger partial charge in [-0.05, 0) is 42.9 Å². The smallest absolute Gasteiger partial charge is 0.0302 e. The largest absolute Gasteiger partial charge is 0.330 e. The van der Waals surface area contributed by atoms with E-state index < -0.39 is 0 Å². The van der Waals surface area contributed by atoms with Crippen molar-refractivity contribution < 1.29 is 0 Å². The summed E-state index contributed by atoms with van der Waals surface area (Å²) in [6, 6.07) is 2.21. The van der Waals surface area contributed by atoms with Crippen LogP contribution in [0.1, 0.15) is 23.8 Å². The summed E-state index contributed by atoms with van der Waals surface area (Å²) in [4.78, 5) is 1.47. The molecule has 0 amide bonds. The minimum Gasteiger partial charge on any atom is -0.330 e. The summed E-state index contributed by atoms with van der Waals surface area (Å²) in [5.74, 6) is 0. The van der Waals surface area contributed by atoms with E-state index in [9.17, 15) is 0 Å². The molecule has 3 N–H and O–H groups in total. The Morgan fingerprint density at radius 1 is 1.54 bits per heavy atom. The fourth-order valence-electron chi connectivity index (χ4n) is 1.27. The third-order valence-electron chi connectivity index (χ3n) is 2.06. The van der Waals surface area contributed by atoms with Crippen LogP contribution in [0.5, 0.6) is 0 Å². The van der Waals surface area contributed by atoms with Gasteiger partial charge in [0.1, 0.15) is 0 Å². The second-order valence-corrected chi connectivity index (χ2v) is 4.04. The molecule has 0 aliphatic carbocycles. The molecule has 1 heterocycles. The third kappa shape index (κ3) is 3.46. The van der Waals surface area contributed by atoms with Gasteiger partial charge < -0.3 is 11.1 Å². The van der Waals surface area contributed by atoms with Crippen molar-refractivity contribution in [1.29, 1.82) is 0 Å². The van der Waals surface area contributed by atoms with Gasteiger partial charge >= 0.3 is 0 Å². The van der Waals surface area contributed by atoms with Crippen LogP contribution in [0.15, 0.2) is 11.4 Å². The zero-order valence-corrected chi connectivity index (χ0v) is 8.99. The lowest BCUT2D eigenvalue weighted by molar-refractivity contribution is 0.658. The molecule has 0 aromatic carbocycles. The van der Waals surface area contributed by atoms with Gasteiger partial charge in [0.05, 0.1) is 0 Å². The number of nitrogens with one attached hydrogen (secondary N) is 1. The first kappa shape index (κ1) is 10.7. The van der Waals surface area contributed by atoms with E-state index in [1.54, 1.807) is 0 Å². The molecule has 0 unspecified atom stereocenters. The first-order valence-corrected chi connectivity index (χ1v) is 5.72. The Morgan fingerprint density at radius 3 is 3.08 bits per heavy atom. The van der Waals surface area contributed by atoms with E-state index in [1.807, 2.05) is 11.3 Å². The molecule has 3 heteroatoms. The number of hydrogen-bond acceptors (Lipinski definition) is 3. The van der Waals surface area contributed by atoms with E-state index in [0.29, 0.717) is 0 Å². The molecule has 1 rings (SSSR count). The van der Waals surface area contributed by atoms with Gasteiger partial charge in [-0.2, -0.15) is 0 Å². The lowest BCUT2D eigenvalue weighted by Crippen LogP contribution is -2.17. The minimum absolute atomic E-state index is 0.776. The molecule has 0 saturated heterocycles. The number of hydrogen-bond donors (Lipinski definition) is 2. The van der Waals surface area contributed by atoms with Crippen LogP contribution in [0.2, 0.25) is 0 Å². The molecule has 0 saturated carbocycles. The molecular weight excluding hydrogens is 180 g/mol. The molecule has 0 fully saturated rings. The Balaban J connectivity index is 2.27. The highest BCUT2D eigenvalue weighted by atomic mass is 32.1. The Labute approximate surface area is 84.2 Å². The maximum Gasteiger partial charge on any atom is 0.0302 e. The Kier molecular flexibility index (Phi) is 5.05. The van der Waals surface area contributed by atoms with E-state index in [4.69, 9.17) is 5.73 Å². The van der Waals surface area contributed by atoms with E-state index >= 15 is 0 Å². The maximum atomic E-state index is 5.41. The van der Waals surface area contributed by atoms with Gasteiger partial charge in [-0.3, -0.25) is 0 Å². The molecule has 1 aromatic rings. The van der Waals surface area contributed by atoms with E-state index in [1.165, 1.54) is 10.4 Å². The highest BCUT2D eigenvalue weighted by molar-refractivity contribution is 7.10. The third-order valence-corrected chi connectivity index (χ3v) is 3.03. The Bertz CT molecular complexity index is 233. The van der Waals surface area contributed by atoms with Crippen molar-refractivity contribution in [3.63, 3.8) is 0 Å². The van der Waals surface area contributed by atoms with Gasteiger partial charge in [0, 0.05) is 11.4 Å². The fraction of sp³-hybridized carbons (Fsp3) is 0.600. The van der Waals surface area contributed by atoms with Crippen molar-refractivity contribution in [2.24, 2.45) is 5.73 Å². The van der Waals surface area contributed by atoms with Gasteiger partial charge in [-0.1, -0.05) is 6.92 Å². The summed E-state index contributed by atoms with van der Waals surface area (Å²) in [5.41, 5.74) is 6.88. The molecule has 13 heavy (non-hydrogen) atoms. The summed E-state index contributed by atoms with van der Waals surface area (Å²) < 4.78 is 0. The quantitative estimate of drug-likeness (QED) is 0.683. The van der Waals surface area contributed by atoms with Crippen LogP contribution in [-0.4, -0.2) is 13.1 Å². The highest BCUT2D eigenvalue weighted by Gasteiger charge is 2.00. The monoisotopic (exact) mass is 198 g/mol. The van der Waals surface area contributed by atoms with Crippen molar-refractivity contribution in [2.45, 2.75) is 26.3 Å².